The van der Waals surface area contributed by atoms with E-state index in [9.17, 15) is 9.50 Å². The van der Waals surface area contributed by atoms with Gasteiger partial charge in [0.1, 0.15) is 17.6 Å². The van der Waals surface area contributed by atoms with Gasteiger partial charge in [0.15, 0.2) is 0 Å². The summed E-state index contributed by atoms with van der Waals surface area (Å²) in [7, 11) is 0. The number of halogens is 1. The van der Waals surface area contributed by atoms with E-state index in [0.29, 0.717) is 18.5 Å². The molecule has 19 heavy (non-hydrogen) atoms. The molecule has 0 radical (unpaired) electrons. The summed E-state index contributed by atoms with van der Waals surface area (Å²) in [5, 5.41) is 18.7. The zero-order chi connectivity index (χ0) is 13.8. The molecule has 2 aromatic rings. The highest BCUT2D eigenvalue weighted by Gasteiger charge is 2.13. The van der Waals surface area contributed by atoms with Crippen LogP contribution in [0.15, 0.2) is 36.4 Å². The molecule has 0 spiro atoms. The van der Waals surface area contributed by atoms with Crippen molar-refractivity contribution in [3.8, 4) is 22.9 Å². The SMILES string of the molecule is N#Cc1cccc(-c2cc(CCN)ccc2O)c1F. The molecule has 0 saturated heterocycles. The first-order chi connectivity index (χ1) is 9.17. The molecule has 2 rings (SSSR count). The average molecular weight is 256 g/mol. The third-order valence-corrected chi connectivity index (χ3v) is 2.90. The second kappa shape index (κ2) is 5.51. The van der Waals surface area contributed by atoms with Crippen LogP contribution < -0.4 is 5.73 Å². The Morgan fingerprint density at radius 1 is 1.21 bits per heavy atom. The van der Waals surface area contributed by atoms with Crippen molar-refractivity contribution in [2.24, 2.45) is 5.73 Å². The second-order valence-electron chi connectivity index (χ2n) is 4.17. The minimum atomic E-state index is -0.620. The first-order valence-electron chi connectivity index (χ1n) is 5.88. The van der Waals surface area contributed by atoms with E-state index in [1.165, 1.54) is 18.2 Å². The Morgan fingerprint density at radius 3 is 2.68 bits per heavy atom. The summed E-state index contributed by atoms with van der Waals surface area (Å²) in [5.74, 6) is -0.639. The van der Waals surface area contributed by atoms with Gasteiger partial charge in [0.25, 0.3) is 0 Å². The van der Waals surface area contributed by atoms with Gasteiger partial charge in [-0.2, -0.15) is 5.26 Å². The van der Waals surface area contributed by atoms with Crippen molar-refractivity contribution in [3.63, 3.8) is 0 Å². The van der Waals surface area contributed by atoms with E-state index in [1.54, 1.807) is 24.3 Å². The predicted octanol–water partition coefficient (Wildman–Crippen LogP) is 2.57. The molecule has 0 unspecified atom stereocenters. The molecule has 0 atom stereocenters. The molecule has 2 aromatic carbocycles. The van der Waals surface area contributed by atoms with Crippen molar-refractivity contribution >= 4 is 0 Å². The van der Waals surface area contributed by atoms with E-state index in [2.05, 4.69) is 0 Å². The van der Waals surface area contributed by atoms with Crippen molar-refractivity contribution in [1.29, 1.82) is 5.26 Å². The lowest BCUT2D eigenvalue weighted by molar-refractivity contribution is 0.476. The maximum absolute atomic E-state index is 14.1. The molecule has 0 aliphatic carbocycles. The lowest BCUT2D eigenvalue weighted by atomic mass is 9.98. The Kier molecular flexibility index (Phi) is 3.79. The quantitative estimate of drug-likeness (QED) is 0.886. The zero-order valence-corrected chi connectivity index (χ0v) is 10.2. The van der Waals surface area contributed by atoms with Crippen molar-refractivity contribution < 1.29 is 9.50 Å². The number of aromatic hydroxyl groups is 1. The second-order valence-corrected chi connectivity index (χ2v) is 4.17. The van der Waals surface area contributed by atoms with Gasteiger partial charge in [-0.3, -0.25) is 0 Å². The van der Waals surface area contributed by atoms with Crippen molar-refractivity contribution in [3.05, 3.63) is 53.3 Å². The number of phenolic OH excluding ortho intramolecular Hbond substituents is 1. The summed E-state index contributed by atoms with van der Waals surface area (Å²) in [5.41, 5.74) is 6.95. The number of nitrogens with zero attached hydrogens (tertiary/aromatic N) is 1. The summed E-state index contributed by atoms with van der Waals surface area (Å²) in [6, 6.07) is 11.3. The number of benzene rings is 2. The van der Waals surface area contributed by atoms with E-state index in [0.717, 1.165) is 5.56 Å². The fourth-order valence-corrected chi connectivity index (χ4v) is 1.95. The molecular formula is C15H13FN2O. The van der Waals surface area contributed by atoms with Gasteiger partial charge in [-0.1, -0.05) is 18.2 Å². The van der Waals surface area contributed by atoms with Crippen LogP contribution in [0.4, 0.5) is 4.39 Å². The lowest BCUT2D eigenvalue weighted by Crippen LogP contribution is -2.02. The number of nitrogens with two attached hydrogens (primary N) is 1. The molecule has 0 heterocycles. The summed E-state index contributed by atoms with van der Waals surface area (Å²) in [6.45, 7) is 0.477. The van der Waals surface area contributed by atoms with Crippen molar-refractivity contribution in [2.45, 2.75) is 6.42 Å². The highest BCUT2D eigenvalue weighted by molar-refractivity contribution is 5.72. The Hall–Kier alpha value is -2.38. The molecule has 4 heteroatoms. The van der Waals surface area contributed by atoms with Crippen LogP contribution >= 0.6 is 0 Å². The smallest absolute Gasteiger partial charge is 0.148 e. The zero-order valence-electron chi connectivity index (χ0n) is 10.2. The van der Waals surface area contributed by atoms with Gasteiger partial charge in [0, 0.05) is 11.1 Å². The highest BCUT2D eigenvalue weighted by atomic mass is 19.1. The van der Waals surface area contributed by atoms with Crippen molar-refractivity contribution in [2.75, 3.05) is 6.54 Å². The van der Waals surface area contributed by atoms with E-state index < -0.39 is 5.82 Å². The maximum atomic E-state index is 14.1. The minimum Gasteiger partial charge on any atom is -0.507 e. The fourth-order valence-electron chi connectivity index (χ4n) is 1.95. The number of hydrogen-bond acceptors (Lipinski definition) is 3. The Bertz CT molecular complexity index is 647. The first kappa shape index (κ1) is 13.1. The topological polar surface area (TPSA) is 70.0 Å². The molecule has 0 fully saturated rings. The molecule has 0 saturated carbocycles. The van der Waals surface area contributed by atoms with Gasteiger partial charge >= 0.3 is 0 Å². The molecule has 96 valence electrons. The molecule has 0 aromatic heterocycles. The van der Waals surface area contributed by atoms with Crippen LogP contribution in [0.1, 0.15) is 11.1 Å². The summed E-state index contributed by atoms with van der Waals surface area (Å²) in [6.07, 6.45) is 0.646. The largest absolute Gasteiger partial charge is 0.507 e. The molecule has 3 nitrogen and oxygen atoms in total. The number of rotatable bonds is 3. The Morgan fingerprint density at radius 2 is 2.00 bits per heavy atom. The van der Waals surface area contributed by atoms with Gasteiger partial charge in [-0.05, 0) is 36.7 Å². The summed E-state index contributed by atoms with van der Waals surface area (Å²) in [4.78, 5) is 0. The van der Waals surface area contributed by atoms with Gasteiger partial charge in [-0.15, -0.1) is 0 Å². The molecule has 0 bridgehead atoms. The van der Waals surface area contributed by atoms with Gasteiger partial charge in [-0.25, -0.2) is 4.39 Å². The summed E-state index contributed by atoms with van der Waals surface area (Å²) >= 11 is 0. The van der Waals surface area contributed by atoms with Crippen LogP contribution in [-0.4, -0.2) is 11.7 Å². The highest BCUT2D eigenvalue weighted by Crippen LogP contribution is 2.32. The Labute approximate surface area is 110 Å². The van der Waals surface area contributed by atoms with Crippen LogP contribution in [0, 0.1) is 17.1 Å². The lowest BCUT2D eigenvalue weighted by Gasteiger charge is -2.09. The van der Waals surface area contributed by atoms with Gasteiger partial charge in [0.05, 0.1) is 5.56 Å². The Balaban J connectivity index is 2.58. The minimum absolute atomic E-state index is 0.0187. The fraction of sp³-hybridized carbons (Fsp3) is 0.133. The molecular weight excluding hydrogens is 243 g/mol. The predicted molar refractivity (Wildman–Crippen MR) is 71.0 cm³/mol. The molecule has 0 aliphatic rings. The first-order valence-corrected chi connectivity index (χ1v) is 5.88. The number of nitriles is 1. The number of hydrogen-bond donors (Lipinski definition) is 2. The third-order valence-electron chi connectivity index (χ3n) is 2.90. The molecule has 3 N–H and O–H groups in total. The van der Waals surface area contributed by atoms with Crippen LogP contribution in [0.2, 0.25) is 0 Å². The molecule has 0 amide bonds. The van der Waals surface area contributed by atoms with E-state index in [1.807, 2.05) is 0 Å². The van der Waals surface area contributed by atoms with Crippen LogP contribution in [0.5, 0.6) is 5.75 Å². The van der Waals surface area contributed by atoms with E-state index in [4.69, 9.17) is 11.0 Å². The van der Waals surface area contributed by atoms with Gasteiger partial charge < -0.3 is 10.8 Å². The van der Waals surface area contributed by atoms with Crippen LogP contribution in [0.25, 0.3) is 11.1 Å². The van der Waals surface area contributed by atoms with Gasteiger partial charge in [0.2, 0.25) is 0 Å². The maximum Gasteiger partial charge on any atom is 0.148 e. The number of phenols is 1. The van der Waals surface area contributed by atoms with E-state index in [-0.39, 0.29) is 16.9 Å². The van der Waals surface area contributed by atoms with E-state index >= 15 is 0 Å². The van der Waals surface area contributed by atoms with Crippen molar-refractivity contribution in [1.82, 2.24) is 0 Å². The monoisotopic (exact) mass is 256 g/mol. The van der Waals surface area contributed by atoms with Crippen LogP contribution in [-0.2, 0) is 6.42 Å². The third kappa shape index (κ3) is 2.56. The molecule has 0 aliphatic heterocycles. The van der Waals surface area contributed by atoms with Crippen LogP contribution in [0.3, 0.4) is 0 Å². The standard InChI is InChI=1S/C15H13FN2O/c16-15-11(9-18)2-1-3-12(15)13-8-10(6-7-17)4-5-14(13)19/h1-5,8,19H,6-7,17H2. The average Bonchev–Trinajstić information content (AvgIpc) is 2.42. The summed E-state index contributed by atoms with van der Waals surface area (Å²) < 4.78 is 14.1. The normalized spacial score (nSPS) is 10.2.